The molecule has 0 unspecified atom stereocenters. The number of carbonyl (C=O) groups excluding carboxylic acids is 2. The molecule has 0 spiro atoms. The summed E-state index contributed by atoms with van der Waals surface area (Å²) >= 11 is 0. The molecule has 0 radical (unpaired) electrons. The Bertz CT molecular complexity index is 716. The zero-order valence-corrected chi connectivity index (χ0v) is 15.9. The van der Waals surface area contributed by atoms with Crippen molar-refractivity contribution in [3.8, 4) is 5.75 Å². The fourth-order valence-corrected chi connectivity index (χ4v) is 5.61. The average molecular weight is 356 g/mol. The number of hydrogen-bond acceptors (Lipinski definition) is 3. The highest BCUT2D eigenvalue weighted by Crippen LogP contribution is 2.54. The molecule has 1 aromatic rings. The van der Waals surface area contributed by atoms with Gasteiger partial charge in [0.2, 0.25) is 5.91 Å². The van der Waals surface area contributed by atoms with Gasteiger partial charge in [-0.05, 0) is 44.7 Å². The van der Waals surface area contributed by atoms with Crippen molar-refractivity contribution >= 4 is 11.8 Å². The molecule has 2 saturated heterocycles. The highest BCUT2D eigenvalue weighted by atomic mass is 16.5. The zero-order chi connectivity index (χ0) is 18.5. The Morgan fingerprint density at radius 3 is 2.58 bits per heavy atom. The van der Waals surface area contributed by atoms with Crippen LogP contribution in [0.25, 0.3) is 0 Å². The van der Waals surface area contributed by atoms with Crippen molar-refractivity contribution < 1.29 is 14.3 Å². The van der Waals surface area contributed by atoms with Gasteiger partial charge in [0.05, 0.1) is 6.04 Å². The number of fused-ring (bicyclic) bond motifs is 1. The SMILES string of the molecule is CC(=O)N1[C@@H]2CN(C(=O)COc3ccc(C)cc3)[C@@H]3CCC[C@H]1[C@]3(C)C2. The molecule has 5 nitrogen and oxygen atoms in total. The summed E-state index contributed by atoms with van der Waals surface area (Å²) in [6.45, 7) is 6.68. The van der Waals surface area contributed by atoms with Crippen LogP contribution in [0.4, 0.5) is 0 Å². The maximum absolute atomic E-state index is 13.0. The maximum Gasteiger partial charge on any atom is 0.260 e. The normalized spacial score (nSPS) is 32.5. The second-order valence-corrected chi connectivity index (χ2v) is 8.40. The summed E-state index contributed by atoms with van der Waals surface area (Å²) in [5, 5.41) is 0. The molecular weight excluding hydrogens is 328 g/mol. The Morgan fingerprint density at radius 2 is 1.88 bits per heavy atom. The number of rotatable bonds is 3. The Hall–Kier alpha value is -2.04. The quantitative estimate of drug-likeness (QED) is 0.837. The lowest BCUT2D eigenvalue weighted by Crippen LogP contribution is -2.58. The van der Waals surface area contributed by atoms with Crippen LogP contribution in [0.1, 0.15) is 45.1 Å². The van der Waals surface area contributed by atoms with Crippen LogP contribution in [0.15, 0.2) is 24.3 Å². The van der Waals surface area contributed by atoms with Crippen LogP contribution >= 0.6 is 0 Å². The van der Waals surface area contributed by atoms with Crippen molar-refractivity contribution in [2.45, 2.75) is 64.6 Å². The summed E-state index contributed by atoms with van der Waals surface area (Å²) in [5.41, 5.74) is 1.19. The molecule has 2 heterocycles. The smallest absolute Gasteiger partial charge is 0.260 e. The molecule has 2 bridgehead atoms. The summed E-state index contributed by atoms with van der Waals surface area (Å²) in [7, 11) is 0. The molecule has 3 fully saturated rings. The first-order chi connectivity index (χ1) is 12.4. The van der Waals surface area contributed by atoms with E-state index in [0.29, 0.717) is 6.54 Å². The van der Waals surface area contributed by atoms with Gasteiger partial charge < -0.3 is 14.5 Å². The number of benzene rings is 1. The summed E-state index contributed by atoms with van der Waals surface area (Å²) in [5.74, 6) is 0.911. The van der Waals surface area contributed by atoms with Gasteiger partial charge in [-0.2, -0.15) is 0 Å². The highest BCUT2D eigenvalue weighted by Gasteiger charge is 2.61. The first-order valence-corrected chi connectivity index (χ1v) is 9.68. The van der Waals surface area contributed by atoms with Crippen LogP contribution in [0, 0.1) is 12.3 Å². The largest absolute Gasteiger partial charge is 0.484 e. The van der Waals surface area contributed by atoms with Gasteiger partial charge >= 0.3 is 0 Å². The molecule has 140 valence electrons. The van der Waals surface area contributed by atoms with Crippen LogP contribution in [-0.4, -0.2) is 52.9 Å². The molecule has 4 rings (SSSR count). The van der Waals surface area contributed by atoms with E-state index in [-0.39, 0.29) is 42.0 Å². The molecule has 3 aliphatic rings. The first-order valence-electron chi connectivity index (χ1n) is 9.68. The molecule has 0 aromatic heterocycles. The van der Waals surface area contributed by atoms with Crippen LogP contribution in [0.5, 0.6) is 5.75 Å². The maximum atomic E-state index is 13.0. The molecule has 26 heavy (non-hydrogen) atoms. The number of ether oxygens (including phenoxy) is 1. The molecule has 2 amide bonds. The van der Waals surface area contributed by atoms with E-state index in [9.17, 15) is 9.59 Å². The third kappa shape index (κ3) is 2.68. The van der Waals surface area contributed by atoms with Crippen LogP contribution in [0.3, 0.4) is 0 Å². The van der Waals surface area contributed by atoms with Crippen LogP contribution in [-0.2, 0) is 9.59 Å². The van der Waals surface area contributed by atoms with E-state index < -0.39 is 0 Å². The molecule has 0 N–H and O–H groups in total. The zero-order valence-electron chi connectivity index (χ0n) is 15.9. The lowest BCUT2D eigenvalue weighted by molar-refractivity contribution is -0.142. The molecular formula is C21H28N2O3. The second-order valence-electron chi connectivity index (χ2n) is 8.40. The van der Waals surface area contributed by atoms with E-state index in [1.165, 1.54) is 5.56 Å². The number of nitrogens with zero attached hydrogens (tertiary/aromatic N) is 2. The summed E-state index contributed by atoms with van der Waals surface area (Å²) in [6.07, 6.45) is 4.18. The van der Waals surface area contributed by atoms with E-state index in [2.05, 4.69) is 11.8 Å². The standard InChI is InChI=1S/C21H28N2O3/c1-14-7-9-17(10-8-14)26-13-20(25)22-12-16-11-21(3)18(22)5-4-6-19(21)23(16)15(2)24/h7-10,16,18-19H,4-6,11-13H2,1-3H3/t16-,18+,19-,21+/m0/s1. The summed E-state index contributed by atoms with van der Waals surface area (Å²) < 4.78 is 5.74. The predicted molar refractivity (Wildman–Crippen MR) is 98.8 cm³/mol. The number of aryl methyl sites for hydroxylation is 1. The summed E-state index contributed by atoms with van der Waals surface area (Å²) in [4.78, 5) is 29.3. The van der Waals surface area contributed by atoms with Gasteiger partial charge in [-0.25, -0.2) is 0 Å². The van der Waals surface area contributed by atoms with E-state index >= 15 is 0 Å². The fourth-order valence-electron chi connectivity index (χ4n) is 5.61. The van der Waals surface area contributed by atoms with Crippen molar-refractivity contribution in [2.24, 2.45) is 5.41 Å². The van der Waals surface area contributed by atoms with Gasteiger partial charge in [-0.15, -0.1) is 0 Å². The Morgan fingerprint density at radius 1 is 1.19 bits per heavy atom. The van der Waals surface area contributed by atoms with E-state index in [1.54, 1.807) is 6.92 Å². The number of piperidine rings is 1. The number of amides is 2. The van der Waals surface area contributed by atoms with Crippen molar-refractivity contribution in [1.82, 2.24) is 9.80 Å². The minimum atomic E-state index is 0.0202. The lowest BCUT2D eigenvalue weighted by atomic mass is 9.66. The first kappa shape index (κ1) is 17.4. The fraction of sp³-hybridized carbons (Fsp3) is 0.619. The van der Waals surface area contributed by atoms with E-state index in [0.717, 1.165) is 31.4 Å². The van der Waals surface area contributed by atoms with Gasteiger partial charge in [-0.1, -0.05) is 24.6 Å². The molecule has 1 saturated carbocycles. The summed E-state index contributed by atoms with van der Waals surface area (Å²) in [6, 6.07) is 8.42. The Labute approximate surface area is 155 Å². The molecule has 2 aliphatic heterocycles. The van der Waals surface area contributed by atoms with Crippen LogP contribution < -0.4 is 4.74 Å². The highest BCUT2D eigenvalue weighted by molar-refractivity contribution is 5.79. The molecule has 1 aliphatic carbocycles. The predicted octanol–water partition coefficient (Wildman–Crippen LogP) is 2.76. The number of likely N-dealkylation sites (tertiary alicyclic amines) is 2. The van der Waals surface area contributed by atoms with Crippen molar-refractivity contribution in [2.75, 3.05) is 13.2 Å². The van der Waals surface area contributed by atoms with Gasteiger partial charge in [0, 0.05) is 31.0 Å². The van der Waals surface area contributed by atoms with Crippen molar-refractivity contribution in [3.05, 3.63) is 29.8 Å². The lowest BCUT2D eigenvalue weighted by Gasteiger charge is -2.49. The van der Waals surface area contributed by atoms with Gasteiger partial charge in [0.1, 0.15) is 5.75 Å². The average Bonchev–Trinajstić information content (AvgIpc) is 2.90. The minimum Gasteiger partial charge on any atom is -0.484 e. The second kappa shape index (κ2) is 6.29. The van der Waals surface area contributed by atoms with Gasteiger partial charge in [-0.3, -0.25) is 9.59 Å². The van der Waals surface area contributed by atoms with E-state index in [4.69, 9.17) is 4.74 Å². The minimum absolute atomic E-state index is 0.0202. The molecule has 1 aromatic carbocycles. The van der Waals surface area contributed by atoms with Gasteiger partial charge in [0.15, 0.2) is 6.61 Å². The molecule has 5 heteroatoms. The topological polar surface area (TPSA) is 49.9 Å². The van der Waals surface area contributed by atoms with Gasteiger partial charge in [0.25, 0.3) is 5.91 Å². The van der Waals surface area contributed by atoms with Crippen molar-refractivity contribution in [1.29, 1.82) is 0 Å². The van der Waals surface area contributed by atoms with Crippen molar-refractivity contribution in [3.63, 3.8) is 0 Å². The third-order valence-corrected chi connectivity index (χ3v) is 6.73. The van der Waals surface area contributed by atoms with Crippen LogP contribution in [0.2, 0.25) is 0 Å². The Kier molecular flexibility index (Phi) is 4.20. The molecule has 4 atom stereocenters. The Balaban J connectivity index is 1.51. The number of hydrogen-bond donors (Lipinski definition) is 0. The number of carbonyl (C=O) groups is 2. The monoisotopic (exact) mass is 356 g/mol. The third-order valence-electron chi connectivity index (χ3n) is 6.73. The van der Waals surface area contributed by atoms with E-state index in [1.807, 2.05) is 36.1 Å².